The predicted molar refractivity (Wildman–Crippen MR) is 68.7 cm³/mol. The topological polar surface area (TPSA) is 20.2 Å². The first kappa shape index (κ1) is 13.2. The summed E-state index contributed by atoms with van der Waals surface area (Å²) in [5.41, 5.74) is 1.70. The molecule has 0 aliphatic carbocycles. The summed E-state index contributed by atoms with van der Waals surface area (Å²) in [6.07, 6.45) is 0.489. The van der Waals surface area contributed by atoms with Crippen LogP contribution in [0.1, 0.15) is 29.0 Å². The Hall–Kier alpha value is -1.26. The Labute approximate surface area is 109 Å². The minimum Gasteiger partial charge on any atom is -0.387 e. The van der Waals surface area contributed by atoms with Crippen molar-refractivity contribution >= 4 is 11.3 Å². The maximum absolute atomic E-state index is 13.1. The molecule has 0 saturated heterocycles. The van der Waals surface area contributed by atoms with Gasteiger partial charge in [-0.3, -0.25) is 0 Å². The summed E-state index contributed by atoms with van der Waals surface area (Å²) in [6, 6.07) is 5.71. The molecule has 0 saturated carbocycles. The lowest BCUT2D eigenvalue weighted by atomic mass is 10.0. The molecule has 0 amide bonds. The molecule has 0 fully saturated rings. The molecule has 0 aliphatic rings. The monoisotopic (exact) mass is 268 g/mol. The number of aliphatic hydroxyl groups excluding tert-OH is 1. The molecule has 1 atom stereocenters. The maximum Gasteiger partial charge on any atom is 0.159 e. The fourth-order valence-corrected chi connectivity index (χ4v) is 2.90. The zero-order chi connectivity index (χ0) is 13.1. The molecule has 2 rings (SSSR count). The first-order valence-corrected chi connectivity index (χ1v) is 6.68. The molecule has 1 heterocycles. The van der Waals surface area contributed by atoms with Gasteiger partial charge in [0.15, 0.2) is 11.6 Å². The van der Waals surface area contributed by atoms with Crippen LogP contribution in [0.3, 0.4) is 0 Å². The Bertz CT molecular complexity index is 536. The second-order valence-corrected chi connectivity index (χ2v) is 5.08. The average molecular weight is 268 g/mol. The third-order valence-corrected chi connectivity index (χ3v) is 3.94. The van der Waals surface area contributed by atoms with Crippen LogP contribution in [0.2, 0.25) is 0 Å². The molecule has 1 nitrogen and oxygen atoms in total. The van der Waals surface area contributed by atoms with E-state index in [2.05, 4.69) is 0 Å². The Morgan fingerprint density at radius 2 is 2.00 bits per heavy atom. The molecule has 96 valence electrons. The number of aliphatic hydroxyl groups is 1. The van der Waals surface area contributed by atoms with Crippen molar-refractivity contribution in [2.24, 2.45) is 0 Å². The number of halogens is 2. The molecule has 1 unspecified atom stereocenters. The van der Waals surface area contributed by atoms with Crippen molar-refractivity contribution in [3.05, 3.63) is 57.3 Å². The van der Waals surface area contributed by atoms with Gasteiger partial charge in [0.1, 0.15) is 0 Å². The van der Waals surface area contributed by atoms with E-state index in [0.717, 1.165) is 29.0 Å². The van der Waals surface area contributed by atoms with Crippen molar-refractivity contribution in [1.29, 1.82) is 0 Å². The highest BCUT2D eigenvalue weighted by Gasteiger charge is 2.14. The van der Waals surface area contributed by atoms with Crippen molar-refractivity contribution in [3.8, 4) is 0 Å². The summed E-state index contributed by atoms with van der Waals surface area (Å²) in [4.78, 5) is 0.905. The normalized spacial score (nSPS) is 12.7. The number of aryl methyl sites for hydroxylation is 1. The molecular formula is C14H14F2OS. The maximum atomic E-state index is 13.1. The smallest absolute Gasteiger partial charge is 0.159 e. The molecule has 0 spiro atoms. The van der Waals surface area contributed by atoms with E-state index >= 15 is 0 Å². The van der Waals surface area contributed by atoms with Crippen molar-refractivity contribution < 1.29 is 13.9 Å². The third kappa shape index (κ3) is 2.76. The summed E-state index contributed by atoms with van der Waals surface area (Å²) in [6.45, 7) is 2.02. The zero-order valence-corrected chi connectivity index (χ0v) is 10.8. The third-order valence-electron chi connectivity index (χ3n) is 2.88. The van der Waals surface area contributed by atoms with Gasteiger partial charge in [-0.25, -0.2) is 8.78 Å². The molecule has 4 heteroatoms. The van der Waals surface area contributed by atoms with Gasteiger partial charge in [0.05, 0.1) is 6.10 Å². The predicted octanol–water partition coefficient (Wildman–Crippen LogP) is 3.86. The summed E-state index contributed by atoms with van der Waals surface area (Å²) in [7, 11) is 0. The Morgan fingerprint density at radius 1 is 1.22 bits per heavy atom. The van der Waals surface area contributed by atoms with Gasteiger partial charge in [-0.1, -0.05) is 13.0 Å². The van der Waals surface area contributed by atoms with Crippen LogP contribution < -0.4 is 0 Å². The Kier molecular flexibility index (Phi) is 4.09. The summed E-state index contributed by atoms with van der Waals surface area (Å²) in [5, 5.41) is 12.1. The van der Waals surface area contributed by atoms with E-state index in [9.17, 15) is 13.9 Å². The van der Waals surface area contributed by atoms with E-state index in [4.69, 9.17) is 0 Å². The fraction of sp³-hybridized carbons (Fsp3) is 0.286. The van der Waals surface area contributed by atoms with Crippen LogP contribution >= 0.6 is 11.3 Å². The number of thiophene rings is 1. The van der Waals surface area contributed by atoms with Gasteiger partial charge in [0, 0.05) is 11.3 Å². The van der Waals surface area contributed by atoms with Gasteiger partial charge in [-0.15, -0.1) is 11.3 Å². The van der Waals surface area contributed by atoms with Gasteiger partial charge in [0.25, 0.3) is 0 Å². The molecule has 1 aromatic heterocycles. The van der Waals surface area contributed by atoms with E-state index in [1.807, 2.05) is 18.4 Å². The first-order valence-electron chi connectivity index (χ1n) is 5.80. The van der Waals surface area contributed by atoms with Gasteiger partial charge in [-0.05, 0) is 41.1 Å². The lowest BCUT2D eigenvalue weighted by molar-refractivity contribution is 0.181. The fourth-order valence-electron chi connectivity index (χ4n) is 1.91. The summed E-state index contributed by atoms with van der Waals surface area (Å²) in [5.74, 6) is -1.74. The quantitative estimate of drug-likeness (QED) is 0.892. The minimum atomic E-state index is -0.874. The van der Waals surface area contributed by atoms with Crippen LogP contribution in [0, 0.1) is 11.6 Å². The van der Waals surface area contributed by atoms with E-state index in [-0.39, 0.29) is 0 Å². The van der Waals surface area contributed by atoms with Crippen LogP contribution in [0.5, 0.6) is 0 Å². The highest BCUT2D eigenvalue weighted by Crippen LogP contribution is 2.27. The molecule has 1 aromatic carbocycles. The SMILES string of the molecule is CCc1ccsc1C(O)Cc1ccc(F)c(F)c1. The van der Waals surface area contributed by atoms with E-state index in [1.165, 1.54) is 17.4 Å². The van der Waals surface area contributed by atoms with Crippen LogP contribution in [0.25, 0.3) is 0 Å². The number of hydrogen-bond donors (Lipinski definition) is 1. The van der Waals surface area contributed by atoms with Crippen molar-refractivity contribution in [2.75, 3.05) is 0 Å². The van der Waals surface area contributed by atoms with Crippen LogP contribution in [-0.4, -0.2) is 5.11 Å². The average Bonchev–Trinajstić information content (AvgIpc) is 2.82. The molecule has 0 aliphatic heterocycles. The van der Waals surface area contributed by atoms with Crippen molar-refractivity contribution in [2.45, 2.75) is 25.9 Å². The minimum absolute atomic E-state index is 0.296. The van der Waals surface area contributed by atoms with Crippen LogP contribution in [0.4, 0.5) is 8.78 Å². The Balaban J connectivity index is 2.16. The highest BCUT2D eigenvalue weighted by molar-refractivity contribution is 7.10. The van der Waals surface area contributed by atoms with E-state index in [1.54, 1.807) is 0 Å². The number of benzene rings is 1. The van der Waals surface area contributed by atoms with Gasteiger partial charge in [-0.2, -0.15) is 0 Å². The first-order chi connectivity index (χ1) is 8.61. The molecule has 2 aromatic rings. The summed E-state index contributed by atoms with van der Waals surface area (Å²) >= 11 is 1.49. The Morgan fingerprint density at radius 3 is 2.67 bits per heavy atom. The van der Waals surface area contributed by atoms with Gasteiger partial charge in [0.2, 0.25) is 0 Å². The van der Waals surface area contributed by atoms with Crippen molar-refractivity contribution in [1.82, 2.24) is 0 Å². The standard InChI is InChI=1S/C14H14F2OS/c1-2-10-5-6-18-14(10)13(17)8-9-3-4-11(15)12(16)7-9/h3-7,13,17H,2,8H2,1H3. The second kappa shape index (κ2) is 5.59. The molecular weight excluding hydrogens is 254 g/mol. The second-order valence-electron chi connectivity index (χ2n) is 4.13. The van der Waals surface area contributed by atoms with Gasteiger partial charge < -0.3 is 5.11 Å². The molecule has 1 N–H and O–H groups in total. The lowest BCUT2D eigenvalue weighted by Gasteiger charge is -2.11. The number of rotatable bonds is 4. The molecule has 0 bridgehead atoms. The largest absolute Gasteiger partial charge is 0.387 e. The molecule has 18 heavy (non-hydrogen) atoms. The van der Waals surface area contributed by atoms with E-state index < -0.39 is 17.7 Å². The lowest BCUT2D eigenvalue weighted by Crippen LogP contribution is -2.03. The van der Waals surface area contributed by atoms with Crippen molar-refractivity contribution in [3.63, 3.8) is 0 Å². The van der Waals surface area contributed by atoms with Crippen LogP contribution in [-0.2, 0) is 12.8 Å². The zero-order valence-electron chi connectivity index (χ0n) is 9.99. The number of hydrogen-bond acceptors (Lipinski definition) is 2. The van der Waals surface area contributed by atoms with E-state index in [0.29, 0.717) is 12.0 Å². The summed E-state index contributed by atoms with van der Waals surface area (Å²) < 4.78 is 25.9. The van der Waals surface area contributed by atoms with Gasteiger partial charge >= 0.3 is 0 Å². The van der Waals surface area contributed by atoms with Crippen LogP contribution in [0.15, 0.2) is 29.6 Å². The molecule has 0 radical (unpaired) electrons. The highest BCUT2D eigenvalue weighted by atomic mass is 32.1.